The first-order chi connectivity index (χ1) is 11.6. The number of methoxy groups -OCH3 is 2. The van der Waals surface area contributed by atoms with Crippen molar-refractivity contribution >= 4 is 5.96 Å². The first-order valence-electron chi connectivity index (χ1n) is 7.73. The first kappa shape index (κ1) is 20.0. The van der Waals surface area contributed by atoms with Crippen molar-refractivity contribution in [1.82, 2.24) is 10.6 Å². The largest absolute Gasteiger partial charge is 0.493 e. The van der Waals surface area contributed by atoms with Gasteiger partial charge in [-0.15, -0.1) is 0 Å². The summed E-state index contributed by atoms with van der Waals surface area (Å²) in [4.78, 5) is 4.43. The zero-order valence-corrected chi connectivity index (χ0v) is 14.3. The molecule has 0 aromatic heterocycles. The van der Waals surface area contributed by atoms with Crippen molar-refractivity contribution in [3.05, 3.63) is 23.8 Å². The van der Waals surface area contributed by atoms with E-state index in [-0.39, 0.29) is 11.5 Å². The lowest BCUT2D eigenvalue weighted by atomic mass is 10.2. The number of benzene rings is 1. The Labute approximate surface area is 141 Å². The summed E-state index contributed by atoms with van der Waals surface area (Å²) in [5, 5.41) is 6.30. The quantitative estimate of drug-likeness (QED) is 0.387. The monoisotopic (exact) mass is 345 g/mol. The Hall–Kier alpha value is -2.09. The van der Waals surface area contributed by atoms with Gasteiger partial charge in [0.1, 0.15) is 0 Å². The van der Waals surface area contributed by atoms with E-state index in [1.807, 2.05) is 6.92 Å². The molecule has 0 aliphatic rings. The van der Waals surface area contributed by atoms with Gasteiger partial charge >= 0.3 is 6.61 Å². The van der Waals surface area contributed by atoms with E-state index in [2.05, 4.69) is 20.4 Å². The average Bonchev–Trinajstić information content (AvgIpc) is 2.56. The van der Waals surface area contributed by atoms with Crippen molar-refractivity contribution in [2.24, 2.45) is 4.99 Å². The molecule has 1 rings (SSSR count). The van der Waals surface area contributed by atoms with Gasteiger partial charge in [0, 0.05) is 26.8 Å². The van der Waals surface area contributed by atoms with Crippen LogP contribution in [0.1, 0.15) is 18.9 Å². The van der Waals surface area contributed by atoms with Crippen LogP contribution in [0.5, 0.6) is 11.5 Å². The second-order valence-electron chi connectivity index (χ2n) is 4.83. The fourth-order valence-electron chi connectivity index (χ4n) is 1.94. The Bertz CT molecular complexity index is 513. The van der Waals surface area contributed by atoms with Crippen LogP contribution >= 0.6 is 0 Å². The average molecular weight is 345 g/mol. The van der Waals surface area contributed by atoms with E-state index >= 15 is 0 Å². The third-order valence-corrected chi connectivity index (χ3v) is 3.03. The number of halogens is 2. The van der Waals surface area contributed by atoms with Gasteiger partial charge in [0.25, 0.3) is 0 Å². The molecule has 0 heterocycles. The Balaban J connectivity index is 2.73. The molecular weight excluding hydrogens is 320 g/mol. The van der Waals surface area contributed by atoms with Gasteiger partial charge in [-0.3, -0.25) is 0 Å². The second-order valence-corrected chi connectivity index (χ2v) is 4.83. The van der Waals surface area contributed by atoms with E-state index in [0.717, 1.165) is 25.1 Å². The molecule has 8 heteroatoms. The summed E-state index contributed by atoms with van der Waals surface area (Å²) in [5.74, 6) is 0.909. The maximum absolute atomic E-state index is 12.4. The minimum absolute atomic E-state index is 0.00162. The first-order valence-corrected chi connectivity index (χ1v) is 7.73. The van der Waals surface area contributed by atoms with Gasteiger partial charge in [-0.25, -0.2) is 4.99 Å². The van der Waals surface area contributed by atoms with Crippen LogP contribution in [0.4, 0.5) is 8.78 Å². The molecule has 0 aliphatic heterocycles. The standard InChI is InChI=1S/C16H25F2N3O3/c1-4-19-16(20-8-5-9-22-2)21-11-12-6-7-13(23-3)14(10-12)24-15(17)18/h6-7,10,15H,4-5,8-9,11H2,1-3H3,(H2,19,20,21). The maximum atomic E-state index is 12.4. The van der Waals surface area contributed by atoms with Crippen molar-refractivity contribution < 1.29 is 23.0 Å². The minimum atomic E-state index is -2.91. The van der Waals surface area contributed by atoms with Crippen LogP contribution in [0, 0.1) is 0 Å². The van der Waals surface area contributed by atoms with Crippen LogP contribution < -0.4 is 20.1 Å². The molecule has 0 aliphatic carbocycles. The number of aliphatic imine (C=N–C) groups is 1. The van der Waals surface area contributed by atoms with Gasteiger partial charge in [0.05, 0.1) is 13.7 Å². The van der Waals surface area contributed by atoms with Gasteiger partial charge in [-0.2, -0.15) is 8.78 Å². The number of nitrogens with zero attached hydrogens (tertiary/aromatic N) is 1. The van der Waals surface area contributed by atoms with Crippen LogP contribution in [0.3, 0.4) is 0 Å². The van der Waals surface area contributed by atoms with E-state index in [1.165, 1.54) is 13.2 Å². The van der Waals surface area contributed by atoms with E-state index in [4.69, 9.17) is 9.47 Å². The van der Waals surface area contributed by atoms with Gasteiger partial charge in [0.15, 0.2) is 17.5 Å². The van der Waals surface area contributed by atoms with Crippen LogP contribution in [-0.2, 0) is 11.3 Å². The van der Waals surface area contributed by atoms with Crippen molar-refractivity contribution in [3.8, 4) is 11.5 Å². The molecule has 2 N–H and O–H groups in total. The van der Waals surface area contributed by atoms with Gasteiger partial charge in [0.2, 0.25) is 0 Å². The van der Waals surface area contributed by atoms with Gasteiger partial charge in [-0.05, 0) is 31.0 Å². The third-order valence-electron chi connectivity index (χ3n) is 3.03. The summed E-state index contributed by atoms with van der Waals surface area (Å²) in [6, 6.07) is 4.85. The zero-order chi connectivity index (χ0) is 17.8. The minimum Gasteiger partial charge on any atom is -0.493 e. The van der Waals surface area contributed by atoms with Crippen LogP contribution in [-0.4, -0.2) is 46.5 Å². The summed E-state index contributed by atoms with van der Waals surface area (Å²) < 4.78 is 39.4. The van der Waals surface area contributed by atoms with E-state index in [0.29, 0.717) is 19.1 Å². The number of nitrogens with one attached hydrogen (secondary N) is 2. The Kier molecular flexibility index (Phi) is 9.52. The lowest BCUT2D eigenvalue weighted by Gasteiger charge is -2.12. The summed E-state index contributed by atoms with van der Waals surface area (Å²) in [7, 11) is 3.06. The predicted octanol–water partition coefficient (Wildman–Crippen LogP) is 2.39. The summed E-state index contributed by atoms with van der Waals surface area (Å²) >= 11 is 0. The molecule has 0 unspecified atom stereocenters. The SMILES string of the molecule is CCNC(=NCc1ccc(OC)c(OC(F)F)c1)NCCCOC. The van der Waals surface area contributed by atoms with E-state index in [1.54, 1.807) is 19.2 Å². The molecule has 0 atom stereocenters. The Morgan fingerprint density at radius 1 is 1.21 bits per heavy atom. The van der Waals surface area contributed by atoms with E-state index < -0.39 is 6.61 Å². The normalized spacial score (nSPS) is 11.5. The number of guanidine groups is 1. The molecule has 0 amide bonds. The molecule has 1 aromatic carbocycles. The van der Waals surface area contributed by atoms with Crippen LogP contribution in [0.15, 0.2) is 23.2 Å². The zero-order valence-electron chi connectivity index (χ0n) is 14.3. The molecule has 0 spiro atoms. The molecule has 1 aromatic rings. The molecule has 0 saturated carbocycles. The molecule has 0 saturated heterocycles. The molecule has 24 heavy (non-hydrogen) atoms. The topological polar surface area (TPSA) is 64.1 Å². The highest BCUT2D eigenvalue weighted by molar-refractivity contribution is 5.79. The highest BCUT2D eigenvalue weighted by Gasteiger charge is 2.11. The number of rotatable bonds is 10. The highest BCUT2D eigenvalue weighted by atomic mass is 19.3. The molecular formula is C16H25F2N3O3. The smallest absolute Gasteiger partial charge is 0.387 e. The molecule has 0 bridgehead atoms. The summed E-state index contributed by atoms with van der Waals surface area (Å²) in [6.07, 6.45) is 0.857. The number of hydrogen-bond donors (Lipinski definition) is 2. The Morgan fingerprint density at radius 2 is 2.00 bits per heavy atom. The third kappa shape index (κ3) is 7.45. The Morgan fingerprint density at radius 3 is 2.62 bits per heavy atom. The lowest BCUT2D eigenvalue weighted by molar-refractivity contribution is -0.0512. The molecule has 136 valence electrons. The van der Waals surface area contributed by atoms with Crippen molar-refractivity contribution in [1.29, 1.82) is 0 Å². The molecule has 6 nitrogen and oxygen atoms in total. The number of alkyl halides is 2. The van der Waals surface area contributed by atoms with Gasteiger partial charge in [-0.1, -0.05) is 6.07 Å². The number of hydrogen-bond acceptors (Lipinski definition) is 4. The fraction of sp³-hybridized carbons (Fsp3) is 0.562. The van der Waals surface area contributed by atoms with Crippen molar-refractivity contribution in [2.75, 3.05) is 33.9 Å². The van der Waals surface area contributed by atoms with Crippen molar-refractivity contribution in [3.63, 3.8) is 0 Å². The fourth-order valence-corrected chi connectivity index (χ4v) is 1.94. The molecule has 0 fully saturated rings. The van der Waals surface area contributed by atoms with Gasteiger partial charge < -0.3 is 24.8 Å². The summed E-state index contributed by atoms with van der Waals surface area (Å²) in [6.45, 7) is 1.49. The van der Waals surface area contributed by atoms with Crippen LogP contribution in [0.25, 0.3) is 0 Å². The second kappa shape index (κ2) is 11.4. The number of ether oxygens (including phenoxy) is 3. The maximum Gasteiger partial charge on any atom is 0.387 e. The van der Waals surface area contributed by atoms with E-state index in [9.17, 15) is 8.78 Å². The lowest BCUT2D eigenvalue weighted by Crippen LogP contribution is -2.38. The summed E-state index contributed by atoms with van der Waals surface area (Å²) in [5.41, 5.74) is 0.737. The van der Waals surface area contributed by atoms with Crippen LogP contribution in [0.2, 0.25) is 0 Å². The predicted molar refractivity (Wildman–Crippen MR) is 88.9 cm³/mol. The van der Waals surface area contributed by atoms with Crippen molar-refractivity contribution in [2.45, 2.75) is 26.5 Å². The molecule has 0 radical (unpaired) electrons. The highest BCUT2D eigenvalue weighted by Crippen LogP contribution is 2.29.